The van der Waals surface area contributed by atoms with Gasteiger partial charge in [-0.05, 0) is 54.4 Å². The van der Waals surface area contributed by atoms with E-state index in [4.69, 9.17) is 14.2 Å². The van der Waals surface area contributed by atoms with Crippen molar-refractivity contribution in [2.75, 3.05) is 13.7 Å². The number of amides is 2. The van der Waals surface area contributed by atoms with Crippen LogP contribution < -0.4 is 5.32 Å². The minimum Gasteiger partial charge on any atom is -0.469 e. The molecule has 0 aromatic rings. The Labute approximate surface area is 177 Å². The number of hydrogen-bond donors (Lipinski definition) is 2. The summed E-state index contributed by atoms with van der Waals surface area (Å²) in [6, 6.07) is -2.92. The fraction of sp³-hybridized carbons (Fsp3) is 0.800. The summed E-state index contributed by atoms with van der Waals surface area (Å²) in [5.74, 6) is -1.86. The van der Waals surface area contributed by atoms with Gasteiger partial charge in [-0.15, -0.1) is 0 Å². The zero-order valence-corrected chi connectivity index (χ0v) is 18.8. The molecule has 2 N–H and O–H groups in total. The fourth-order valence-corrected chi connectivity index (χ4v) is 3.11. The van der Waals surface area contributed by atoms with Gasteiger partial charge in [-0.2, -0.15) is 0 Å². The third-order valence-corrected chi connectivity index (χ3v) is 4.24. The average molecular weight is 430 g/mol. The Morgan fingerprint density at radius 1 is 1.03 bits per heavy atom. The lowest BCUT2D eigenvalue weighted by Gasteiger charge is -2.33. The number of carbonyl (C=O) groups excluding carboxylic acids is 4. The van der Waals surface area contributed by atoms with Crippen LogP contribution in [0.4, 0.5) is 4.79 Å². The molecule has 0 aromatic heterocycles. The van der Waals surface area contributed by atoms with Crippen LogP contribution in [0.2, 0.25) is 0 Å². The first-order valence-electron chi connectivity index (χ1n) is 9.90. The Bertz CT molecular complexity index is 650. The number of likely N-dealkylation sites (tertiary alicyclic amines) is 1. The van der Waals surface area contributed by atoms with Crippen molar-refractivity contribution in [2.45, 2.75) is 90.1 Å². The molecule has 0 saturated carbocycles. The standard InChI is InChI=1S/C20H34N2O8/c1-19(2,3)29-17(26)14-9-8-12(10-15(24)28-7)22(14)16(25)13(11-23)21-18(27)30-20(4,5)6/h12-14,23H,8-11H2,1-7H3,(H,21,27)/t12-,13+,14+/m1/s1. The molecule has 1 aliphatic heterocycles. The van der Waals surface area contributed by atoms with Crippen molar-refractivity contribution in [3.05, 3.63) is 0 Å². The second kappa shape index (κ2) is 10.1. The maximum Gasteiger partial charge on any atom is 0.408 e. The van der Waals surface area contributed by atoms with Gasteiger partial charge in [-0.3, -0.25) is 9.59 Å². The maximum atomic E-state index is 13.2. The molecule has 0 unspecified atom stereocenters. The predicted octanol–water partition coefficient (Wildman–Crippen LogP) is 1.14. The summed E-state index contributed by atoms with van der Waals surface area (Å²) in [6.45, 7) is 9.39. The van der Waals surface area contributed by atoms with E-state index in [1.165, 1.54) is 12.0 Å². The molecule has 2 amide bonds. The number of aliphatic hydroxyl groups excluding tert-OH is 1. The maximum absolute atomic E-state index is 13.2. The van der Waals surface area contributed by atoms with Crippen molar-refractivity contribution in [1.29, 1.82) is 0 Å². The molecule has 0 spiro atoms. The highest BCUT2D eigenvalue weighted by molar-refractivity contribution is 5.91. The topological polar surface area (TPSA) is 131 Å². The highest BCUT2D eigenvalue weighted by Gasteiger charge is 2.45. The largest absolute Gasteiger partial charge is 0.469 e. The number of nitrogens with one attached hydrogen (secondary N) is 1. The SMILES string of the molecule is COC(=O)C[C@H]1CC[C@@H](C(=O)OC(C)(C)C)N1C(=O)[C@H](CO)NC(=O)OC(C)(C)C. The van der Waals surface area contributed by atoms with Crippen LogP contribution in [-0.2, 0) is 28.6 Å². The van der Waals surface area contributed by atoms with Crippen molar-refractivity contribution >= 4 is 23.9 Å². The molecule has 1 aliphatic rings. The first kappa shape index (κ1) is 25.7. The summed E-state index contributed by atoms with van der Waals surface area (Å²) >= 11 is 0. The van der Waals surface area contributed by atoms with E-state index in [1.807, 2.05) is 0 Å². The van der Waals surface area contributed by atoms with E-state index in [-0.39, 0.29) is 12.8 Å². The third-order valence-electron chi connectivity index (χ3n) is 4.24. The van der Waals surface area contributed by atoms with Crippen LogP contribution in [0.3, 0.4) is 0 Å². The smallest absolute Gasteiger partial charge is 0.408 e. The number of nitrogens with zero attached hydrogens (tertiary/aromatic N) is 1. The van der Waals surface area contributed by atoms with Crippen molar-refractivity contribution in [3.8, 4) is 0 Å². The lowest BCUT2D eigenvalue weighted by Crippen LogP contribution is -2.56. The number of methoxy groups -OCH3 is 1. The van der Waals surface area contributed by atoms with Crippen molar-refractivity contribution in [3.63, 3.8) is 0 Å². The fourth-order valence-electron chi connectivity index (χ4n) is 3.11. The zero-order valence-electron chi connectivity index (χ0n) is 18.8. The van der Waals surface area contributed by atoms with E-state index in [1.54, 1.807) is 41.5 Å². The Kier molecular flexibility index (Phi) is 8.64. The van der Waals surface area contributed by atoms with Gasteiger partial charge in [0.2, 0.25) is 5.91 Å². The van der Waals surface area contributed by atoms with E-state index in [9.17, 15) is 24.3 Å². The molecule has 10 nitrogen and oxygen atoms in total. The van der Waals surface area contributed by atoms with Crippen LogP contribution in [0.1, 0.15) is 60.8 Å². The second-order valence-corrected chi connectivity index (χ2v) is 9.19. The van der Waals surface area contributed by atoms with Crippen LogP contribution in [0.25, 0.3) is 0 Å². The normalized spacial score (nSPS) is 20.3. The quantitative estimate of drug-likeness (QED) is 0.474. The molecule has 30 heavy (non-hydrogen) atoms. The van der Waals surface area contributed by atoms with Crippen LogP contribution >= 0.6 is 0 Å². The number of ether oxygens (including phenoxy) is 3. The van der Waals surface area contributed by atoms with Gasteiger partial charge in [-0.1, -0.05) is 0 Å². The van der Waals surface area contributed by atoms with Crippen molar-refractivity contribution in [1.82, 2.24) is 10.2 Å². The molecule has 1 fully saturated rings. The predicted molar refractivity (Wildman–Crippen MR) is 106 cm³/mol. The number of carbonyl (C=O) groups is 4. The molecule has 10 heteroatoms. The summed E-state index contributed by atoms with van der Waals surface area (Å²) in [7, 11) is 1.23. The molecule has 0 radical (unpaired) electrons. The van der Waals surface area contributed by atoms with Gasteiger partial charge in [0.15, 0.2) is 0 Å². The Morgan fingerprint density at radius 2 is 1.60 bits per heavy atom. The monoisotopic (exact) mass is 430 g/mol. The van der Waals surface area contributed by atoms with Gasteiger partial charge in [-0.25, -0.2) is 9.59 Å². The van der Waals surface area contributed by atoms with E-state index in [0.29, 0.717) is 6.42 Å². The third kappa shape index (κ3) is 7.81. The molecule has 1 rings (SSSR count). The molecule has 172 valence electrons. The molecule has 1 heterocycles. The highest BCUT2D eigenvalue weighted by Crippen LogP contribution is 2.29. The number of esters is 2. The minimum absolute atomic E-state index is 0.119. The first-order valence-corrected chi connectivity index (χ1v) is 9.90. The molecule has 1 saturated heterocycles. The lowest BCUT2D eigenvalue weighted by molar-refractivity contribution is -0.165. The van der Waals surface area contributed by atoms with Gasteiger partial charge >= 0.3 is 18.0 Å². The lowest BCUT2D eigenvalue weighted by atomic mass is 10.1. The molecular weight excluding hydrogens is 396 g/mol. The van der Waals surface area contributed by atoms with Crippen LogP contribution in [0.5, 0.6) is 0 Å². The van der Waals surface area contributed by atoms with Gasteiger partial charge < -0.3 is 29.5 Å². The Balaban J connectivity index is 3.09. The first-order chi connectivity index (χ1) is 13.7. The van der Waals surface area contributed by atoms with E-state index in [2.05, 4.69) is 5.32 Å². The van der Waals surface area contributed by atoms with E-state index < -0.39 is 59.9 Å². The molecule has 0 aliphatic carbocycles. The Hall–Kier alpha value is -2.36. The van der Waals surface area contributed by atoms with Gasteiger partial charge in [0.25, 0.3) is 0 Å². The molecule has 0 aromatic carbocycles. The van der Waals surface area contributed by atoms with E-state index in [0.717, 1.165) is 0 Å². The number of hydrogen-bond acceptors (Lipinski definition) is 8. The van der Waals surface area contributed by atoms with Crippen LogP contribution in [-0.4, -0.2) is 77.0 Å². The summed E-state index contributed by atoms with van der Waals surface area (Å²) in [5.41, 5.74) is -1.56. The Morgan fingerprint density at radius 3 is 2.07 bits per heavy atom. The van der Waals surface area contributed by atoms with Gasteiger partial charge in [0, 0.05) is 6.04 Å². The second-order valence-electron chi connectivity index (χ2n) is 9.19. The van der Waals surface area contributed by atoms with Crippen LogP contribution in [0.15, 0.2) is 0 Å². The summed E-state index contributed by atoms with van der Waals surface area (Å²) < 4.78 is 15.2. The summed E-state index contributed by atoms with van der Waals surface area (Å²) in [6.07, 6.45) is -0.346. The minimum atomic E-state index is -1.34. The summed E-state index contributed by atoms with van der Waals surface area (Å²) in [4.78, 5) is 51.0. The zero-order chi connectivity index (χ0) is 23.3. The van der Waals surface area contributed by atoms with Crippen molar-refractivity contribution in [2.24, 2.45) is 0 Å². The van der Waals surface area contributed by atoms with Crippen LogP contribution in [0, 0.1) is 0 Å². The van der Waals surface area contributed by atoms with E-state index >= 15 is 0 Å². The number of aliphatic hydroxyl groups is 1. The highest BCUT2D eigenvalue weighted by atomic mass is 16.6. The van der Waals surface area contributed by atoms with Gasteiger partial charge in [0.1, 0.15) is 23.3 Å². The van der Waals surface area contributed by atoms with Gasteiger partial charge in [0.05, 0.1) is 20.1 Å². The average Bonchev–Trinajstić information content (AvgIpc) is 2.99. The van der Waals surface area contributed by atoms with Crippen molar-refractivity contribution < 1.29 is 38.5 Å². The number of alkyl carbamates (subject to hydrolysis) is 1. The molecular formula is C20H34N2O8. The molecule has 3 atom stereocenters. The molecule has 0 bridgehead atoms. The number of rotatable bonds is 6. The summed E-state index contributed by atoms with van der Waals surface area (Å²) in [5, 5.41) is 12.0.